The first-order valence-electron chi connectivity index (χ1n) is 10.3. The van der Waals surface area contributed by atoms with Crippen LogP contribution in [0.1, 0.15) is 58.0 Å². The van der Waals surface area contributed by atoms with Gasteiger partial charge in [0.2, 0.25) is 0 Å². The second-order valence-corrected chi connectivity index (χ2v) is 8.18. The average Bonchev–Trinajstić information content (AvgIpc) is 3.22. The van der Waals surface area contributed by atoms with Gasteiger partial charge in [-0.3, -0.25) is 19.1 Å². The first-order valence-corrected chi connectivity index (χ1v) is 10.3. The largest absolute Gasteiger partial charge is 0.453 e. The number of fused-ring (bicyclic) bond motifs is 1. The molecule has 0 radical (unpaired) electrons. The highest BCUT2D eigenvalue weighted by Gasteiger charge is 2.55. The summed E-state index contributed by atoms with van der Waals surface area (Å²) in [6, 6.07) is 5.74. The standard InChI is InChI=1S/C21H24F2N4O4/c1-12-7-5-6-10-21(12)18(29)26(20(30)25-21)11-16(28)31-13(2)17-24-14-8-3-4-9-15(14)27(17)19(22)23/h3-4,8-9,12-13,19H,5-7,10-11H2,1-2H3,(H,25,30). The number of carbonyl (C=O) groups is 3. The van der Waals surface area contributed by atoms with Crippen LogP contribution in [0, 0.1) is 5.92 Å². The smallest absolute Gasteiger partial charge is 0.326 e. The van der Waals surface area contributed by atoms with Crippen molar-refractivity contribution in [2.24, 2.45) is 5.92 Å². The quantitative estimate of drug-likeness (QED) is 0.574. The van der Waals surface area contributed by atoms with Crippen LogP contribution in [0.2, 0.25) is 0 Å². The highest BCUT2D eigenvalue weighted by Crippen LogP contribution is 2.38. The fraction of sp³-hybridized carbons (Fsp3) is 0.524. The van der Waals surface area contributed by atoms with Crippen LogP contribution in [0.4, 0.5) is 13.6 Å². The van der Waals surface area contributed by atoms with Crippen LogP contribution in [0.5, 0.6) is 0 Å². The molecule has 2 fully saturated rings. The Morgan fingerprint density at radius 1 is 1.32 bits per heavy atom. The van der Waals surface area contributed by atoms with Gasteiger partial charge in [0.15, 0.2) is 11.9 Å². The van der Waals surface area contributed by atoms with Crippen molar-refractivity contribution in [2.75, 3.05) is 6.54 Å². The molecule has 8 nitrogen and oxygen atoms in total. The molecular weight excluding hydrogens is 410 g/mol. The number of alkyl halides is 2. The molecule has 3 unspecified atom stereocenters. The predicted octanol–water partition coefficient (Wildman–Crippen LogP) is 3.54. The first-order chi connectivity index (χ1) is 14.7. The number of benzene rings is 1. The van der Waals surface area contributed by atoms with Crippen LogP contribution >= 0.6 is 0 Å². The number of ether oxygens (including phenoxy) is 1. The van der Waals surface area contributed by atoms with Gasteiger partial charge in [-0.15, -0.1) is 0 Å². The van der Waals surface area contributed by atoms with E-state index >= 15 is 0 Å². The van der Waals surface area contributed by atoms with E-state index < -0.39 is 42.6 Å². The number of amides is 3. The Hall–Kier alpha value is -3.04. The number of urea groups is 1. The number of halogens is 2. The second-order valence-electron chi connectivity index (χ2n) is 8.18. The number of hydrogen-bond donors (Lipinski definition) is 1. The van der Waals surface area contributed by atoms with E-state index in [1.54, 1.807) is 18.2 Å². The Kier molecular flexibility index (Phi) is 5.40. The molecule has 2 aliphatic rings. The van der Waals surface area contributed by atoms with Gasteiger partial charge in [0.1, 0.15) is 12.1 Å². The van der Waals surface area contributed by atoms with E-state index in [9.17, 15) is 23.2 Å². The highest BCUT2D eigenvalue weighted by molar-refractivity contribution is 6.09. The molecule has 1 aliphatic heterocycles. The number of nitrogens with zero attached hydrogens (tertiary/aromatic N) is 3. The van der Waals surface area contributed by atoms with E-state index in [1.807, 2.05) is 6.92 Å². The van der Waals surface area contributed by atoms with Crippen LogP contribution in [-0.2, 0) is 14.3 Å². The van der Waals surface area contributed by atoms with E-state index in [2.05, 4.69) is 10.3 Å². The van der Waals surface area contributed by atoms with Crippen molar-refractivity contribution >= 4 is 28.9 Å². The molecule has 2 heterocycles. The normalized spacial score (nSPS) is 24.8. The summed E-state index contributed by atoms with van der Waals surface area (Å²) in [7, 11) is 0. The minimum Gasteiger partial charge on any atom is -0.453 e. The van der Waals surface area contributed by atoms with Crippen LogP contribution in [0.25, 0.3) is 11.0 Å². The Morgan fingerprint density at radius 2 is 2.06 bits per heavy atom. The summed E-state index contributed by atoms with van der Waals surface area (Å²) in [4.78, 5) is 42.9. The second kappa shape index (κ2) is 7.90. The van der Waals surface area contributed by atoms with Crippen LogP contribution in [0.3, 0.4) is 0 Å². The number of imide groups is 1. The fourth-order valence-electron chi connectivity index (χ4n) is 4.61. The first kappa shape index (κ1) is 21.2. The van der Waals surface area contributed by atoms with Crippen molar-refractivity contribution in [2.45, 2.75) is 57.7 Å². The molecule has 1 saturated heterocycles. The van der Waals surface area contributed by atoms with Crippen LogP contribution in [0.15, 0.2) is 24.3 Å². The number of hydrogen-bond acceptors (Lipinski definition) is 5. The molecule has 10 heteroatoms. The molecule has 31 heavy (non-hydrogen) atoms. The third kappa shape index (κ3) is 3.53. The number of rotatable bonds is 5. The molecule has 1 aliphatic carbocycles. The summed E-state index contributed by atoms with van der Waals surface area (Å²) in [6.45, 7) is -0.120. The summed E-state index contributed by atoms with van der Waals surface area (Å²) >= 11 is 0. The summed E-state index contributed by atoms with van der Waals surface area (Å²) in [5.41, 5.74) is -0.411. The molecule has 1 aromatic carbocycles. The number of esters is 1. The fourth-order valence-corrected chi connectivity index (χ4v) is 4.61. The maximum absolute atomic E-state index is 13.6. The zero-order chi connectivity index (χ0) is 22.3. The maximum Gasteiger partial charge on any atom is 0.326 e. The van der Waals surface area contributed by atoms with Crippen LogP contribution < -0.4 is 5.32 Å². The Bertz CT molecular complexity index is 1040. The number of aromatic nitrogens is 2. The van der Waals surface area contributed by atoms with Gasteiger partial charge in [-0.1, -0.05) is 31.9 Å². The van der Waals surface area contributed by atoms with Crippen molar-refractivity contribution in [1.82, 2.24) is 19.8 Å². The minimum absolute atomic E-state index is 0.0383. The monoisotopic (exact) mass is 434 g/mol. The lowest BCUT2D eigenvalue weighted by molar-refractivity contribution is -0.153. The zero-order valence-corrected chi connectivity index (χ0v) is 17.3. The molecule has 2 aromatic rings. The van der Waals surface area contributed by atoms with E-state index in [0.29, 0.717) is 16.5 Å². The Morgan fingerprint density at radius 3 is 2.77 bits per heavy atom. The van der Waals surface area contributed by atoms with Gasteiger partial charge < -0.3 is 10.1 Å². The third-order valence-corrected chi connectivity index (χ3v) is 6.28. The van der Waals surface area contributed by atoms with E-state index in [1.165, 1.54) is 13.0 Å². The Labute approximate surface area is 177 Å². The van der Waals surface area contributed by atoms with Crippen molar-refractivity contribution in [3.05, 3.63) is 30.1 Å². The average molecular weight is 434 g/mol. The molecule has 1 spiro atoms. The lowest BCUT2D eigenvalue weighted by Crippen LogP contribution is -2.54. The van der Waals surface area contributed by atoms with E-state index in [4.69, 9.17) is 4.74 Å². The van der Waals surface area contributed by atoms with Gasteiger partial charge in [-0.2, -0.15) is 8.78 Å². The summed E-state index contributed by atoms with van der Waals surface area (Å²) in [5, 5.41) is 2.77. The summed E-state index contributed by atoms with van der Waals surface area (Å²) < 4.78 is 33.3. The minimum atomic E-state index is -2.87. The number of carbonyl (C=O) groups excluding carboxylic acids is 3. The van der Waals surface area contributed by atoms with Gasteiger partial charge in [0.25, 0.3) is 5.91 Å². The van der Waals surface area contributed by atoms with Gasteiger partial charge in [0, 0.05) is 0 Å². The number of imidazole rings is 1. The van der Waals surface area contributed by atoms with Gasteiger partial charge in [0.05, 0.1) is 11.0 Å². The topological polar surface area (TPSA) is 93.5 Å². The number of para-hydroxylation sites is 2. The number of nitrogens with one attached hydrogen (secondary N) is 1. The predicted molar refractivity (Wildman–Crippen MR) is 106 cm³/mol. The maximum atomic E-state index is 13.6. The molecule has 1 N–H and O–H groups in total. The zero-order valence-electron chi connectivity index (χ0n) is 17.3. The van der Waals surface area contributed by atoms with Crippen LogP contribution in [-0.4, -0.2) is 44.4 Å². The molecule has 4 rings (SSSR count). The van der Waals surface area contributed by atoms with Gasteiger partial charge in [-0.25, -0.2) is 9.78 Å². The summed E-state index contributed by atoms with van der Waals surface area (Å²) in [6.07, 6.45) is 2.04. The highest BCUT2D eigenvalue weighted by atomic mass is 19.3. The third-order valence-electron chi connectivity index (χ3n) is 6.28. The lowest BCUT2D eigenvalue weighted by Gasteiger charge is -2.36. The van der Waals surface area contributed by atoms with Crippen molar-refractivity contribution in [3.8, 4) is 0 Å². The molecule has 3 atom stereocenters. The molecule has 0 bridgehead atoms. The van der Waals surface area contributed by atoms with Gasteiger partial charge >= 0.3 is 18.5 Å². The SMILES string of the molecule is CC(OC(=O)CN1C(=O)NC2(CCCCC2C)C1=O)c1nc2ccccc2n1C(F)F. The molecular formula is C21H24F2N4O4. The van der Waals surface area contributed by atoms with Gasteiger partial charge in [-0.05, 0) is 37.8 Å². The molecule has 3 amide bonds. The molecule has 1 saturated carbocycles. The van der Waals surface area contributed by atoms with Crippen molar-refractivity contribution in [3.63, 3.8) is 0 Å². The van der Waals surface area contributed by atoms with Crippen molar-refractivity contribution < 1.29 is 27.9 Å². The molecule has 1 aromatic heterocycles. The van der Waals surface area contributed by atoms with E-state index in [-0.39, 0.29) is 17.3 Å². The molecule has 166 valence electrons. The summed E-state index contributed by atoms with van der Waals surface area (Å²) in [5.74, 6) is -1.46. The van der Waals surface area contributed by atoms with Crippen molar-refractivity contribution in [1.29, 1.82) is 0 Å². The lowest BCUT2D eigenvalue weighted by atomic mass is 9.73. The van der Waals surface area contributed by atoms with E-state index in [0.717, 1.165) is 24.2 Å². The Balaban J connectivity index is 1.49.